The summed E-state index contributed by atoms with van der Waals surface area (Å²) in [5, 5.41) is 11.9. The van der Waals surface area contributed by atoms with E-state index in [1.54, 1.807) is 0 Å². The number of aliphatic hydroxyl groups excluding tert-OH is 1. The van der Waals surface area contributed by atoms with E-state index >= 15 is 0 Å². The van der Waals surface area contributed by atoms with Crippen LogP contribution in [0.15, 0.2) is 0 Å². The Morgan fingerprint density at radius 3 is 2.80 bits per heavy atom. The van der Waals surface area contributed by atoms with Gasteiger partial charge in [-0.3, -0.25) is 0 Å². The van der Waals surface area contributed by atoms with Crippen LogP contribution in [0.25, 0.3) is 0 Å². The molecule has 0 amide bonds. The van der Waals surface area contributed by atoms with Crippen LogP contribution in [-0.2, 0) is 0 Å². The maximum absolute atomic E-state index is 11.7. The quantitative estimate of drug-likeness (QED) is 0.600. The van der Waals surface area contributed by atoms with Gasteiger partial charge in [-0.05, 0) is 12.3 Å². The van der Waals surface area contributed by atoms with Gasteiger partial charge in [0, 0.05) is 12.6 Å². The van der Waals surface area contributed by atoms with Gasteiger partial charge in [-0.15, -0.1) is 0 Å². The predicted molar refractivity (Wildman–Crippen MR) is 37.6 cm³/mol. The lowest BCUT2D eigenvalue weighted by atomic mass is 10.4. The summed E-state index contributed by atoms with van der Waals surface area (Å²) in [5.41, 5.74) is 0. The lowest BCUT2D eigenvalue weighted by molar-refractivity contribution is 0.137. The van der Waals surface area contributed by atoms with E-state index in [1.807, 2.05) is 0 Å². The summed E-state index contributed by atoms with van der Waals surface area (Å²) in [4.78, 5) is 0. The van der Waals surface area contributed by atoms with Gasteiger partial charge >= 0.3 is 0 Å². The van der Waals surface area contributed by atoms with Crippen molar-refractivity contribution >= 4 is 0 Å². The van der Waals surface area contributed by atoms with Crippen molar-refractivity contribution in [1.82, 2.24) is 5.32 Å². The Hall–Kier alpha value is -0.150. The van der Waals surface area contributed by atoms with Gasteiger partial charge < -0.3 is 10.4 Å². The molecule has 0 aromatic heterocycles. The number of nitrogens with one attached hydrogen (secondary N) is 1. The van der Waals surface area contributed by atoms with Crippen LogP contribution in [-0.4, -0.2) is 30.5 Å². The maximum Gasteiger partial charge on any atom is 0.117 e. The summed E-state index contributed by atoms with van der Waals surface area (Å²) in [6.07, 6.45) is 0.353. The molecular weight excluding hydrogens is 133 g/mol. The van der Waals surface area contributed by atoms with Crippen LogP contribution in [0.3, 0.4) is 0 Å². The van der Waals surface area contributed by atoms with Crippen LogP contribution in [0.5, 0.6) is 0 Å². The van der Waals surface area contributed by atoms with Gasteiger partial charge in [0.1, 0.15) is 6.67 Å². The Morgan fingerprint density at radius 2 is 2.40 bits per heavy atom. The molecule has 2 nitrogen and oxygen atoms in total. The summed E-state index contributed by atoms with van der Waals surface area (Å²) in [6, 6.07) is 0.529. The second-order valence-corrected chi connectivity index (χ2v) is 3.04. The first kappa shape index (κ1) is 7.95. The van der Waals surface area contributed by atoms with Gasteiger partial charge in [0.2, 0.25) is 0 Å². The average Bonchev–Trinajstić information content (AvgIpc) is 2.61. The lowest BCUT2D eigenvalue weighted by Crippen LogP contribution is -2.30. The Labute approximate surface area is 60.4 Å². The maximum atomic E-state index is 11.7. The topological polar surface area (TPSA) is 32.3 Å². The van der Waals surface area contributed by atoms with Crippen LogP contribution < -0.4 is 5.32 Å². The van der Waals surface area contributed by atoms with Crippen molar-refractivity contribution in [3.8, 4) is 0 Å². The Bertz CT molecular complexity index is 106. The number of rotatable bonds is 4. The first-order valence-electron chi connectivity index (χ1n) is 3.71. The van der Waals surface area contributed by atoms with Crippen LogP contribution in [0.2, 0.25) is 0 Å². The van der Waals surface area contributed by atoms with E-state index in [-0.39, 0.29) is 0 Å². The van der Waals surface area contributed by atoms with Gasteiger partial charge in [-0.25, -0.2) is 4.39 Å². The van der Waals surface area contributed by atoms with Gasteiger partial charge in [0.25, 0.3) is 0 Å². The third-order valence-electron chi connectivity index (χ3n) is 1.90. The summed E-state index contributed by atoms with van der Waals surface area (Å²) in [6.45, 7) is 1.89. The molecular formula is C7H14FNO. The summed E-state index contributed by atoms with van der Waals surface area (Å²) in [7, 11) is 0. The smallest absolute Gasteiger partial charge is 0.117 e. The molecule has 1 aliphatic rings. The monoisotopic (exact) mass is 147 g/mol. The van der Waals surface area contributed by atoms with Gasteiger partial charge in [-0.2, -0.15) is 0 Å². The fourth-order valence-electron chi connectivity index (χ4n) is 0.948. The highest BCUT2D eigenvalue weighted by molar-refractivity contribution is 4.89. The molecule has 1 fully saturated rings. The summed E-state index contributed by atoms with van der Waals surface area (Å²) < 4.78 is 11.7. The highest BCUT2D eigenvalue weighted by Gasteiger charge is 2.31. The molecule has 1 aliphatic carbocycles. The summed E-state index contributed by atoms with van der Waals surface area (Å²) in [5.74, 6) is 0.715. The number of alkyl halides is 1. The number of hydrogen-bond acceptors (Lipinski definition) is 2. The Balaban J connectivity index is 1.95. The van der Waals surface area contributed by atoms with E-state index in [4.69, 9.17) is 5.11 Å². The van der Waals surface area contributed by atoms with Crippen LogP contribution in [0.1, 0.15) is 13.3 Å². The summed E-state index contributed by atoms with van der Waals surface area (Å²) >= 11 is 0. The van der Waals surface area contributed by atoms with Gasteiger partial charge in [0.15, 0.2) is 0 Å². The molecule has 2 N–H and O–H groups in total. The number of aliphatic hydroxyl groups is 1. The third-order valence-corrected chi connectivity index (χ3v) is 1.90. The minimum Gasteiger partial charge on any atom is -0.389 e. The normalized spacial score (nSPS) is 33.9. The third kappa shape index (κ3) is 2.23. The first-order valence-corrected chi connectivity index (χ1v) is 3.71. The van der Waals surface area contributed by atoms with Crippen molar-refractivity contribution in [2.75, 3.05) is 13.2 Å². The van der Waals surface area contributed by atoms with Crippen molar-refractivity contribution in [3.05, 3.63) is 0 Å². The molecule has 1 rings (SSSR count). The molecule has 0 saturated heterocycles. The van der Waals surface area contributed by atoms with Crippen molar-refractivity contribution in [2.24, 2.45) is 5.92 Å². The van der Waals surface area contributed by atoms with Crippen LogP contribution >= 0.6 is 0 Å². The molecule has 0 radical (unpaired) electrons. The second kappa shape index (κ2) is 3.30. The molecule has 1 saturated carbocycles. The SMILES string of the molecule is CC1CC1NCC(O)CF. The molecule has 60 valence electrons. The molecule has 0 aromatic rings. The second-order valence-electron chi connectivity index (χ2n) is 3.04. The van der Waals surface area contributed by atoms with Gasteiger partial charge in [-0.1, -0.05) is 6.92 Å². The number of halogens is 1. The van der Waals surface area contributed by atoms with E-state index in [2.05, 4.69) is 12.2 Å². The zero-order valence-electron chi connectivity index (χ0n) is 6.18. The molecule has 0 heterocycles. The van der Waals surface area contributed by atoms with Crippen molar-refractivity contribution in [2.45, 2.75) is 25.5 Å². The fourth-order valence-corrected chi connectivity index (χ4v) is 0.948. The van der Waals surface area contributed by atoms with E-state index in [0.717, 1.165) is 0 Å². The highest BCUT2D eigenvalue weighted by atomic mass is 19.1. The highest BCUT2D eigenvalue weighted by Crippen LogP contribution is 2.28. The standard InChI is InChI=1S/C7H14FNO/c1-5-2-7(5)9-4-6(10)3-8/h5-7,9-10H,2-4H2,1H3. The van der Waals surface area contributed by atoms with E-state index < -0.39 is 12.8 Å². The fraction of sp³-hybridized carbons (Fsp3) is 1.00. The van der Waals surface area contributed by atoms with Crippen LogP contribution in [0.4, 0.5) is 4.39 Å². The molecule has 0 bridgehead atoms. The van der Waals surface area contributed by atoms with Crippen molar-refractivity contribution in [3.63, 3.8) is 0 Å². The molecule has 3 atom stereocenters. The minimum absolute atomic E-state index is 0.394. The zero-order valence-corrected chi connectivity index (χ0v) is 6.18. The minimum atomic E-state index is -0.812. The van der Waals surface area contributed by atoms with E-state index in [9.17, 15) is 4.39 Å². The lowest BCUT2D eigenvalue weighted by Gasteiger charge is -2.06. The molecule has 3 unspecified atom stereocenters. The Kier molecular flexibility index (Phi) is 2.63. The average molecular weight is 147 g/mol. The molecule has 10 heavy (non-hydrogen) atoms. The predicted octanol–water partition coefficient (Wildman–Crippen LogP) is 0.315. The molecule has 3 heteroatoms. The van der Waals surface area contributed by atoms with Crippen molar-refractivity contribution in [1.29, 1.82) is 0 Å². The van der Waals surface area contributed by atoms with Gasteiger partial charge in [0.05, 0.1) is 6.10 Å². The van der Waals surface area contributed by atoms with E-state index in [0.29, 0.717) is 18.5 Å². The van der Waals surface area contributed by atoms with Crippen LogP contribution in [0, 0.1) is 5.92 Å². The molecule has 0 aromatic carbocycles. The Morgan fingerprint density at radius 1 is 1.80 bits per heavy atom. The molecule has 0 aliphatic heterocycles. The first-order chi connectivity index (χ1) is 4.74. The molecule has 0 spiro atoms. The largest absolute Gasteiger partial charge is 0.389 e. The number of hydrogen-bond donors (Lipinski definition) is 2. The zero-order chi connectivity index (χ0) is 7.56. The van der Waals surface area contributed by atoms with E-state index in [1.165, 1.54) is 6.42 Å². The van der Waals surface area contributed by atoms with Crippen molar-refractivity contribution < 1.29 is 9.50 Å².